The predicted molar refractivity (Wildman–Crippen MR) is 165 cm³/mol. The molecule has 2 aliphatic carbocycles. The predicted octanol–water partition coefficient (Wildman–Crippen LogP) is 7.00. The summed E-state index contributed by atoms with van der Waals surface area (Å²) in [6, 6.07) is 16.8. The fraction of sp³-hybridized carbons (Fsp3) is 0.371. The molecule has 3 heterocycles. The van der Waals surface area contributed by atoms with E-state index in [1.165, 1.54) is 25.3 Å². The van der Waals surface area contributed by atoms with Crippen LogP contribution < -0.4 is 4.74 Å². The number of phenols is 1. The summed E-state index contributed by atoms with van der Waals surface area (Å²) in [5, 5.41) is 11.5. The maximum atomic E-state index is 14.2. The van der Waals surface area contributed by atoms with E-state index in [-0.39, 0.29) is 11.7 Å². The highest BCUT2D eigenvalue weighted by Gasteiger charge is 2.46. The van der Waals surface area contributed by atoms with E-state index in [1.807, 2.05) is 37.4 Å². The Labute approximate surface area is 249 Å². The van der Waals surface area contributed by atoms with Crippen molar-refractivity contribution in [2.75, 3.05) is 13.7 Å². The number of aromatic hydroxyl groups is 1. The van der Waals surface area contributed by atoms with Crippen LogP contribution >= 0.6 is 0 Å². The second-order valence-electron chi connectivity index (χ2n) is 12.8. The number of amides is 1. The zero-order chi connectivity index (χ0) is 29.6. The van der Waals surface area contributed by atoms with Crippen LogP contribution in [-0.2, 0) is 13.6 Å². The fourth-order valence-corrected chi connectivity index (χ4v) is 7.64. The molecule has 1 amide bonds. The van der Waals surface area contributed by atoms with Gasteiger partial charge in [-0.2, -0.15) is 0 Å². The van der Waals surface area contributed by atoms with Crippen LogP contribution in [0.4, 0.5) is 4.39 Å². The minimum absolute atomic E-state index is 0.0578. The van der Waals surface area contributed by atoms with Gasteiger partial charge in [-0.1, -0.05) is 31.2 Å². The molecule has 8 rings (SSSR count). The maximum absolute atomic E-state index is 14.2. The summed E-state index contributed by atoms with van der Waals surface area (Å²) in [5.41, 5.74) is 5.40. The first-order valence-electron chi connectivity index (χ1n) is 15.3. The molecule has 5 aromatic rings. The number of phenolic OH excluding ortho intramolecular Hbond substituents is 1. The minimum Gasteiger partial charge on any atom is -0.504 e. The van der Waals surface area contributed by atoms with Crippen molar-refractivity contribution in [2.45, 2.75) is 45.2 Å². The molecule has 2 saturated carbocycles. The number of para-hydroxylation sites is 1. The summed E-state index contributed by atoms with van der Waals surface area (Å²) < 4.78 is 24.4. The Morgan fingerprint density at radius 1 is 1.09 bits per heavy atom. The van der Waals surface area contributed by atoms with Crippen molar-refractivity contribution in [1.82, 2.24) is 19.0 Å². The van der Waals surface area contributed by atoms with Gasteiger partial charge in [0, 0.05) is 48.2 Å². The lowest BCUT2D eigenvalue weighted by Crippen LogP contribution is -2.38. The average Bonchev–Trinajstić information content (AvgIpc) is 3.42. The van der Waals surface area contributed by atoms with Crippen LogP contribution in [0.1, 0.15) is 43.0 Å². The lowest BCUT2D eigenvalue weighted by Gasteiger charge is -2.27. The molecule has 1 N–H and O–H groups in total. The summed E-state index contributed by atoms with van der Waals surface area (Å²) in [6.45, 7) is 3.95. The van der Waals surface area contributed by atoms with Crippen LogP contribution in [0.25, 0.3) is 44.6 Å². The van der Waals surface area contributed by atoms with E-state index in [2.05, 4.69) is 27.0 Å². The van der Waals surface area contributed by atoms with Crippen molar-refractivity contribution in [2.24, 2.45) is 24.8 Å². The van der Waals surface area contributed by atoms with Gasteiger partial charge in [0.1, 0.15) is 11.3 Å². The van der Waals surface area contributed by atoms with Gasteiger partial charge in [0.25, 0.3) is 5.91 Å². The van der Waals surface area contributed by atoms with E-state index in [4.69, 9.17) is 9.72 Å². The number of aromatic nitrogens is 3. The standard InChI is InChI=1S/C35H35FN4O3/c1-19-23-11-12-28(19)40(18-23)35(42)24-13-27-32(31(16-24)43-3)38(2)34(37-27)30-15-22-10-9-21(25-5-4-6-26(36)33(25)41)14-29(22)39(30)17-20-7-8-20/h4-6,9-10,13-16,19-20,23,28,41H,7-8,11-12,17-18H2,1-3H3/t19-,23?,28?/m1/s1. The minimum atomic E-state index is -0.634. The van der Waals surface area contributed by atoms with Gasteiger partial charge in [0.15, 0.2) is 17.4 Å². The number of likely N-dealkylation sites (tertiary alicyclic amines) is 1. The van der Waals surface area contributed by atoms with Crippen LogP contribution in [0.3, 0.4) is 0 Å². The smallest absolute Gasteiger partial charge is 0.254 e. The molecule has 43 heavy (non-hydrogen) atoms. The zero-order valence-electron chi connectivity index (χ0n) is 24.7. The Bertz CT molecular complexity index is 1940. The summed E-state index contributed by atoms with van der Waals surface area (Å²) in [5.74, 6) is 2.24. The topological polar surface area (TPSA) is 72.5 Å². The third-order valence-corrected chi connectivity index (χ3v) is 10.2. The lowest BCUT2D eigenvalue weighted by atomic mass is 10.0. The van der Waals surface area contributed by atoms with Gasteiger partial charge in [-0.15, -0.1) is 0 Å². The van der Waals surface area contributed by atoms with Crippen LogP contribution in [0, 0.1) is 23.6 Å². The third-order valence-electron chi connectivity index (χ3n) is 10.2. The highest BCUT2D eigenvalue weighted by Crippen LogP contribution is 2.44. The Balaban J connectivity index is 1.25. The number of rotatable bonds is 6. The third kappa shape index (κ3) is 4.06. The molecule has 3 aromatic carbocycles. The van der Waals surface area contributed by atoms with Crippen LogP contribution in [0.5, 0.6) is 11.5 Å². The van der Waals surface area contributed by atoms with Crippen LogP contribution in [0.15, 0.2) is 54.6 Å². The highest BCUT2D eigenvalue weighted by atomic mass is 19.1. The van der Waals surface area contributed by atoms with Gasteiger partial charge in [-0.3, -0.25) is 4.79 Å². The normalized spacial score (nSPS) is 21.4. The van der Waals surface area contributed by atoms with Crippen molar-refractivity contribution in [3.8, 4) is 34.1 Å². The summed E-state index contributed by atoms with van der Waals surface area (Å²) in [6.07, 6.45) is 4.66. The number of fused-ring (bicyclic) bond motifs is 4. The molecule has 3 fully saturated rings. The van der Waals surface area contributed by atoms with Crippen molar-refractivity contribution in [3.63, 3.8) is 0 Å². The number of aryl methyl sites for hydroxylation is 1. The zero-order valence-corrected chi connectivity index (χ0v) is 24.7. The van der Waals surface area contributed by atoms with Gasteiger partial charge in [-0.05, 0) is 79.3 Å². The van der Waals surface area contributed by atoms with Gasteiger partial charge in [-0.25, -0.2) is 9.37 Å². The SMILES string of the molecule is COc1cc(C(=O)N2CC3CCC2[C@@H]3C)cc2nc(-c3cc4ccc(-c5cccc(F)c5O)cc4n3CC3CC3)n(C)c12. The van der Waals surface area contributed by atoms with E-state index in [0.29, 0.717) is 40.7 Å². The number of carbonyl (C=O) groups excluding carboxylic acids is 1. The Morgan fingerprint density at radius 3 is 2.65 bits per heavy atom. The summed E-state index contributed by atoms with van der Waals surface area (Å²) >= 11 is 0. The number of piperidine rings is 1. The molecular formula is C35H35FN4O3. The number of ether oxygens (including phenoxy) is 1. The first-order chi connectivity index (χ1) is 20.8. The molecular weight excluding hydrogens is 543 g/mol. The van der Waals surface area contributed by atoms with Gasteiger partial charge in [0.05, 0.1) is 18.3 Å². The molecule has 2 unspecified atom stereocenters. The van der Waals surface area contributed by atoms with Crippen molar-refractivity contribution in [3.05, 3.63) is 66.0 Å². The van der Waals surface area contributed by atoms with E-state index >= 15 is 0 Å². The van der Waals surface area contributed by atoms with Gasteiger partial charge >= 0.3 is 0 Å². The number of hydrogen-bond donors (Lipinski definition) is 1. The van der Waals surface area contributed by atoms with Gasteiger partial charge in [0.2, 0.25) is 0 Å². The number of hydrogen-bond acceptors (Lipinski definition) is 4. The molecule has 1 saturated heterocycles. The van der Waals surface area contributed by atoms with Gasteiger partial charge < -0.3 is 23.9 Å². The van der Waals surface area contributed by atoms with E-state index in [9.17, 15) is 14.3 Å². The highest BCUT2D eigenvalue weighted by molar-refractivity contribution is 6.00. The summed E-state index contributed by atoms with van der Waals surface area (Å²) in [4.78, 5) is 20.9. The Morgan fingerprint density at radius 2 is 1.93 bits per heavy atom. The number of benzene rings is 3. The van der Waals surface area contributed by atoms with Crippen LogP contribution in [-0.4, -0.2) is 49.7 Å². The molecule has 2 aromatic heterocycles. The lowest BCUT2D eigenvalue weighted by molar-refractivity contribution is 0.0696. The summed E-state index contributed by atoms with van der Waals surface area (Å²) in [7, 11) is 3.63. The largest absolute Gasteiger partial charge is 0.504 e. The molecule has 7 nitrogen and oxygen atoms in total. The molecule has 1 aliphatic heterocycles. The monoisotopic (exact) mass is 578 g/mol. The number of nitrogens with zero attached hydrogens (tertiary/aromatic N) is 4. The number of imidazole rings is 1. The molecule has 0 spiro atoms. The van der Waals surface area contributed by atoms with Crippen LogP contribution in [0.2, 0.25) is 0 Å². The molecule has 3 aliphatic rings. The Hall–Kier alpha value is -4.33. The fourth-order valence-electron chi connectivity index (χ4n) is 7.64. The van der Waals surface area contributed by atoms with E-state index in [1.54, 1.807) is 19.2 Å². The van der Waals surface area contributed by atoms with Crippen molar-refractivity contribution < 1.29 is 19.0 Å². The number of halogens is 1. The maximum Gasteiger partial charge on any atom is 0.254 e. The first-order valence-corrected chi connectivity index (χ1v) is 15.3. The second kappa shape index (κ2) is 9.59. The van der Waals surface area contributed by atoms with Crippen molar-refractivity contribution in [1.29, 1.82) is 0 Å². The quantitative estimate of drug-likeness (QED) is 0.236. The average molecular weight is 579 g/mol. The molecule has 8 heteroatoms. The molecule has 3 atom stereocenters. The number of methoxy groups -OCH3 is 1. The Kier molecular flexibility index (Phi) is 5.87. The van der Waals surface area contributed by atoms with E-state index in [0.717, 1.165) is 58.5 Å². The number of carbonyl (C=O) groups is 1. The first kappa shape index (κ1) is 26.3. The second-order valence-corrected chi connectivity index (χ2v) is 12.8. The van der Waals surface area contributed by atoms with E-state index < -0.39 is 5.82 Å². The van der Waals surface area contributed by atoms with Crippen molar-refractivity contribution >= 4 is 27.8 Å². The molecule has 2 bridgehead atoms. The molecule has 220 valence electrons. The molecule has 0 radical (unpaired) electrons.